The van der Waals surface area contributed by atoms with Gasteiger partial charge in [-0.3, -0.25) is 0 Å². The van der Waals surface area contributed by atoms with Gasteiger partial charge < -0.3 is 10.0 Å². The molecule has 20 aromatic rings. The number of hydrogen-bond donors (Lipinski definition) is 2. The highest BCUT2D eigenvalue weighted by Crippen LogP contribution is 2.50. The van der Waals surface area contributed by atoms with Crippen molar-refractivity contribution in [2.24, 2.45) is 0 Å². The first kappa shape index (κ1) is 57.2. The van der Waals surface area contributed by atoms with Crippen LogP contribution in [0.25, 0.3) is 184 Å². The van der Waals surface area contributed by atoms with E-state index >= 15 is 0 Å². The number of fused-ring (bicyclic) bond motifs is 22. The Morgan fingerprint density at radius 1 is 0.198 bits per heavy atom. The molecule has 0 saturated carbocycles. The van der Waals surface area contributed by atoms with E-state index in [-0.39, 0.29) is 0 Å². The summed E-state index contributed by atoms with van der Waals surface area (Å²) >= 11 is 3.77. The van der Waals surface area contributed by atoms with E-state index in [1.165, 1.54) is 152 Å². The van der Waals surface area contributed by atoms with E-state index in [0.29, 0.717) is 5.46 Å². The van der Waals surface area contributed by atoms with Crippen molar-refractivity contribution in [1.29, 1.82) is 0 Å². The lowest BCUT2D eigenvalue weighted by Gasteiger charge is -2.21. The molecule has 4 heteroatoms. The normalized spacial score (nSPS) is 11.7. The zero-order valence-corrected chi connectivity index (χ0v) is 53.8. The summed E-state index contributed by atoms with van der Waals surface area (Å²) in [6.45, 7) is 0. The third-order valence-corrected chi connectivity index (χ3v) is 20.6. The summed E-state index contributed by atoms with van der Waals surface area (Å²) in [6.07, 6.45) is 0. The molecule has 0 radical (unpaired) electrons. The lowest BCUT2D eigenvalue weighted by molar-refractivity contribution is 0.426. The van der Waals surface area contributed by atoms with Gasteiger partial charge in [-0.15, -0.1) is 0 Å². The first-order valence-electron chi connectivity index (χ1n) is 32.8. The van der Waals surface area contributed by atoms with Gasteiger partial charge in [-0.25, -0.2) is 0 Å². The highest BCUT2D eigenvalue weighted by atomic mass is 79.9. The maximum Gasteiger partial charge on any atom is 0.489 e. The molecule has 20 rings (SSSR count). The topological polar surface area (TPSA) is 40.5 Å². The van der Waals surface area contributed by atoms with Crippen LogP contribution in [0.1, 0.15) is 0 Å². The highest BCUT2D eigenvalue weighted by molar-refractivity contribution is 9.10. The van der Waals surface area contributed by atoms with Gasteiger partial charge in [-0.05, 0) is 214 Å². The van der Waals surface area contributed by atoms with Crippen molar-refractivity contribution in [2.75, 3.05) is 0 Å². The molecule has 0 amide bonds. The highest BCUT2D eigenvalue weighted by Gasteiger charge is 2.24. The molecule has 0 aliphatic carbocycles. The first-order chi connectivity index (χ1) is 47.4. The number of halogens is 1. The fraction of sp³-hybridized carbons (Fsp3) is 0. The Hall–Kier alpha value is -11.5. The van der Waals surface area contributed by atoms with Crippen molar-refractivity contribution in [3.05, 3.63) is 344 Å². The summed E-state index contributed by atoms with van der Waals surface area (Å²) < 4.78 is 1.15. The van der Waals surface area contributed by atoms with Gasteiger partial charge in [0, 0.05) is 4.47 Å². The predicted molar refractivity (Wildman–Crippen MR) is 418 cm³/mol. The van der Waals surface area contributed by atoms with Crippen LogP contribution in [0.2, 0.25) is 0 Å². The molecule has 0 aliphatic heterocycles. The summed E-state index contributed by atoms with van der Waals surface area (Å²) in [6, 6.07) is 122. The van der Waals surface area contributed by atoms with Crippen molar-refractivity contribution in [1.82, 2.24) is 0 Å². The Bertz CT molecular complexity index is 6480. The molecule has 0 aromatic heterocycles. The minimum absolute atomic E-state index is 0.561. The molecule has 2 nitrogen and oxygen atoms in total. The molecule has 2 N–H and O–H groups in total. The summed E-state index contributed by atoms with van der Waals surface area (Å²) in [5, 5.41) is 54.9. The molecular formula is C92H58BBrO2. The lowest BCUT2D eigenvalue weighted by atomic mass is 9.72. The van der Waals surface area contributed by atoms with Crippen LogP contribution in [-0.2, 0) is 0 Å². The fourth-order valence-corrected chi connectivity index (χ4v) is 16.4. The quantitative estimate of drug-likeness (QED) is 0.105. The molecule has 0 unspecified atom stereocenters. The second kappa shape index (κ2) is 23.5. The van der Waals surface area contributed by atoms with Gasteiger partial charge in [0.15, 0.2) is 0 Å². The average Bonchev–Trinajstić information content (AvgIpc) is 0.719. The van der Waals surface area contributed by atoms with Crippen LogP contribution < -0.4 is 5.46 Å². The predicted octanol–water partition coefficient (Wildman–Crippen LogP) is 24.6. The zero-order valence-electron chi connectivity index (χ0n) is 52.2. The monoisotopic (exact) mass is 1280 g/mol. The van der Waals surface area contributed by atoms with Crippen LogP contribution >= 0.6 is 15.9 Å². The van der Waals surface area contributed by atoms with Crippen molar-refractivity contribution in [3.8, 4) is 33.4 Å². The Balaban J connectivity index is 0.000000114. The molecule has 0 atom stereocenters. The van der Waals surface area contributed by atoms with Gasteiger partial charge in [0.1, 0.15) is 0 Å². The van der Waals surface area contributed by atoms with Crippen molar-refractivity contribution < 1.29 is 10.0 Å². The van der Waals surface area contributed by atoms with Crippen molar-refractivity contribution in [3.63, 3.8) is 0 Å². The van der Waals surface area contributed by atoms with E-state index in [9.17, 15) is 10.0 Å². The molecule has 448 valence electrons. The van der Waals surface area contributed by atoms with Gasteiger partial charge in [0.25, 0.3) is 0 Å². The Kier molecular flexibility index (Phi) is 14.0. The Morgan fingerprint density at radius 2 is 0.458 bits per heavy atom. The van der Waals surface area contributed by atoms with E-state index in [2.05, 4.69) is 307 Å². The van der Waals surface area contributed by atoms with Crippen LogP contribution in [0.4, 0.5) is 0 Å². The smallest absolute Gasteiger partial charge is 0.423 e. The third-order valence-electron chi connectivity index (χ3n) is 20.0. The number of rotatable bonds is 4. The Labute approximate surface area is 563 Å². The van der Waals surface area contributed by atoms with Gasteiger partial charge in [0.2, 0.25) is 0 Å². The molecule has 0 bridgehead atoms. The standard InChI is InChI=1S/C46H28.C24H17BO2.C22H13Br/c1-2-14-30-27-31(26-25-29(30)13-1)44-38-21-9-11-23-40(38)46(41-24-12-10-22-39(41)44)43-28-42-34-17-4-3-15-32(34)33-16-5-7-19-36(33)45(42)37-20-8-6-18-35(37)43;26-25(27)24-21-11-5-3-9-19(21)23(20-10-4-6-12-22(20)24)18-14-13-16-7-1-2-8-17(16)15-18;23-21-13-20-16-9-2-1-7-14(16)15-8-3-5-11-18(15)22(20)19-12-6-4-10-17(19)21/h1-28H;1-15,26-27H;1-13H. The molecule has 0 heterocycles. The van der Waals surface area contributed by atoms with Gasteiger partial charge in [0.05, 0.1) is 0 Å². The second-order valence-electron chi connectivity index (χ2n) is 25.1. The van der Waals surface area contributed by atoms with E-state index in [4.69, 9.17) is 0 Å². The van der Waals surface area contributed by atoms with Crippen LogP contribution in [0.5, 0.6) is 0 Å². The van der Waals surface area contributed by atoms with E-state index in [1.54, 1.807) is 0 Å². The SMILES string of the molecule is Brc1cc2c3ccccc3c3ccccc3c2c2ccccc12.OB(O)c1c2ccccc2c(-c2ccc3ccccc3c2)c2ccccc12.c1ccc2cc(-c3c4ccccc4c(-c4cc5c6ccccc6c6ccccc6c5c5ccccc45)c4ccccc34)ccc2c1. The Morgan fingerprint density at radius 3 is 0.854 bits per heavy atom. The average molecular weight is 1290 g/mol. The summed E-state index contributed by atoms with van der Waals surface area (Å²) in [5.41, 5.74) is 7.93. The van der Waals surface area contributed by atoms with Crippen molar-refractivity contribution >= 4 is 179 Å². The van der Waals surface area contributed by atoms with E-state index in [1.807, 2.05) is 48.5 Å². The largest absolute Gasteiger partial charge is 0.489 e. The number of hydrogen-bond acceptors (Lipinski definition) is 2. The molecule has 0 fully saturated rings. The van der Waals surface area contributed by atoms with E-state index < -0.39 is 7.12 Å². The van der Waals surface area contributed by atoms with Crippen LogP contribution in [0, 0.1) is 0 Å². The van der Waals surface area contributed by atoms with E-state index in [0.717, 1.165) is 37.1 Å². The molecule has 20 aromatic carbocycles. The number of benzene rings is 20. The van der Waals surface area contributed by atoms with Crippen LogP contribution in [-0.4, -0.2) is 17.2 Å². The first-order valence-corrected chi connectivity index (χ1v) is 33.6. The molecule has 96 heavy (non-hydrogen) atoms. The summed E-state index contributed by atoms with van der Waals surface area (Å²) in [7, 11) is -1.52. The van der Waals surface area contributed by atoms with Crippen LogP contribution in [0.15, 0.2) is 344 Å². The minimum atomic E-state index is -1.52. The summed E-state index contributed by atoms with van der Waals surface area (Å²) in [4.78, 5) is 0. The molecule has 0 saturated heterocycles. The fourth-order valence-electron chi connectivity index (χ4n) is 15.9. The maximum absolute atomic E-state index is 10.1. The van der Waals surface area contributed by atoms with Crippen LogP contribution in [0.3, 0.4) is 0 Å². The lowest BCUT2D eigenvalue weighted by Crippen LogP contribution is -2.31. The summed E-state index contributed by atoms with van der Waals surface area (Å²) in [5.74, 6) is 0. The van der Waals surface area contributed by atoms with Gasteiger partial charge in [-0.2, -0.15) is 0 Å². The van der Waals surface area contributed by atoms with Gasteiger partial charge in [-0.1, -0.05) is 331 Å². The van der Waals surface area contributed by atoms with Gasteiger partial charge >= 0.3 is 7.12 Å². The second-order valence-corrected chi connectivity index (χ2v) is 26.0. The zero-order chi connectivity index (χ0) is 64.0. The maximum atomic E-state index is 10.1. The van der Waals surface area contributed by atoms with Crippen molar-refractivity contribution in [2.45, 2.75) is 0 Å². The minimum Gasteiger partial charge on any atom is -0.423 e. The third kappa shape index (κ3) is 9.32. The molecule has 0 aliphatic rings. The molecular weight excluding hydrogens is 1230 g/mol. The molecule has 0 spiro atoms.